The average Bonchev–Trinajstić information content (AvgIpc) is 3.34. The molecule has 1 atom stereocenters. The summed E-state index contributed by atoms with van der Waals surface area (Å²) in [5.41, 5.74) is 5.42. The molecule has 3 heterocycles. The maximum absolute atomic E-state index is 11.1. The number of halogens is 1. The van der Waals surface area contributed by atoms with Crippen LogP contribution in [0.25, 0.3) is 11.0 Å². The molecule has 0 saturated carbocycles. The number of carbonyl (C=O) groups excluding carboxylic acids is 1. The van der Waals surface area contributed by atoms with Crippen LogP contribution in [0.15, 0.2) is 45.4 Å². The van der Waals surface area contributed by atoms with Crippen LogP contribution in [-0.4, -0.2) is 35.5 Å². The first kappa shape index (κ1) is 19.8. The second kappa shape index (κ2) is 8.52. The van der Waals surface area contributed by atoms with Crippen LogP contribution in [0.2, 0.25) is 0 Å². The Hall–Kier alpha value is -2.18. The predicted octanol–water partition coefficient (Wildman–Crippen LogP) is 4.97. The number of carbonyl (C=O) groups is 1. The zero-order valence-corrected chi connectivity index (χ0v) is 18.5. The number of benzene rings is 2. The first-order valence-electron chi connectivity index (χ1n) is 10.8. The fourth-order valence-electron chi connectivity index (χ4n) is 4.80. The number of nitrogens with one attached hydrogen (secondary N) is 1. The Morgan fingerprint density at radius 2 is 2.10 bits per heavy atom. The molecule has 2 aliphatic heterocycles. The van der Waals surface area contributed by atoms with Crippen molar-refractivity contribution in [2.75, 3.05) is 18.4 Å². The number of aryl methyl sites for hydroxylation is 1. The fraction of sp³-hybridized carbons (Fsp3) is 0.417. The molecule has 2 aromatic carbocycles. The number of hydrogen-bond acceptors (Lipinski definition) is 5. The molecular weight excluding hydrogens is 442 g/mol. The standard InChI is InChI=1S/C24H26BrN3O2/c25-19-3-1-2-17(10-19)14-28-8-6-16(7-9-28)4-5-22-21-12-18-11-20(15-29)26-23(18)13-24(21)30-27-22/h1-3,10,12-13,15-16,20,26H,4-9,11,14H2. The van der Waals surface area contributed by atoms with Crippen LogP contribution in [0.4, 0.5) is 5.69 Å². The monoisotopic (exact) mass is 467 g/mol. The molecule has 2 aliphatic rings. The van der Waals surface area contributed by atoms with E-state index in [9.17, 15) is 4.79 Å². The first-order valence-corrected chi connectivity index (χ1v) is 11.6. The third kappa shape index (κ3) is 4.16. The van der Waals surface area contributed by atoms with E-state index in [4.69, 9.17) is 4.52 Å². The molecule has 5 nitrogen and oxygen atoms in total. The molecule has 3 aromatic rings. The minimum absolute atomic E-state index is 0.120. The van der Waals surface area contributed by atoms with E-state index in [1.54, 1.807) is 0 Å². The highest BCUT2D eigenvalue weighted by Crippen LogP contribution is 2.33. The van der Waals surface area contributed by atoms with Crippen LogP contribution in [0.1, 0.15) is 36.1 Å². The van der Waals surface area contributed by atoms with Crippen LogP contribution in [0, 0.1) is 5.92 Å². The van der Waals surface area contributed by atoms with Gasteiger partial charge in [-0.1, -0.05) is 33.2 Å². The van der Waals surface area contributed by atoms with Crippen molar-refractivity contribution in [3.05, 3.63) is 57.7 Å². The quantitative estimate of drug-likeness (QED) is 0.518. The van der Waals surface area contributed by atoms with E-state index < -0.39 is 0 Å². The number of rotatable bonds is 6. The molecule has 30 heavy (non-hydrogen) atoms. The Labute approximate surface area is 184 Å². The summed E-state index contributed by atoms with van der Waals surface area (Å²) in [6, 6.07) is 12.6. The van der Waals surface area contributed by atoms with Crippen molar-refractivity contribution >= 4 is 38.9 Å². The predicted molar refractivity (Wildman–Crippen MR) is 122 cm³/mol. The van der Waals surface area contributed by atoms with E-state index in [0.29, 0.717) is 0 Å². The second-order valence-electron chi connectivity index (χ2n) is 8.61. The van der Waals surface area contributed by atoms with Gasteiger partial charge in [-0.2, -0.15) is 0 Å². The highest BCUT2D eigenvalue weighted by molar-refractivity contribution is 9.10. The molecule has 0 bridgehead atoms. The summed E-state index contributed by atoms with van der Waals surface area (Å²) >= 11 is 3.56. The zero-order valence-electron chi connectivity index (χ0n) is 16.9. The topological polar surface area (TPSA) is 58.4 Å². The van der Waals surface area contributed by atoms with E-state index >= 15 is 0 Å². The van der Waals surface area contributed by atoms with Crippen molar-refractivity contribution in [1.82, 2.24) is 10.1 Å². The van der Waals surface area contributed by atoms with Crippen LogP contribution in [0.5, 0.6) is 0 Å². The van der Waals surface area contributed by atoms with Gasteiger partial charge in [0.1, 0.15) is 6.29 Å². The number of nitrogens with zero attached hydrogens (tertiary/aromatic N) is 2. The summed E-state index contributed by atoms with van der Waals surface area (Å²) in [6.07, 6.45) is 6.30. The lowest BCUT2D eigenvalue weighted by Gasteiger charge is -2.32. The zero-order chi connectivity index (χ0) is 20.5. The second-order valence-corrected chi connectivity index (χ2v) is 9.53. The first-order chi connectivity index (χ1) is 14.7. The van der Waals surface area contributed by atoms with Gasteiger partial charge in [-0.05, 0) is 74.0 Å². The van der Waals surface area contributed by atoms with Crippen LogP contribution in [0.3, 0.4) is 0 Å². The molecule has 1 unspecified atom stereocenters. The Bertz CT molecular complexity index is 1060. The molecule has 0 aliphatic carbocycles. The highest BCUT2D eigenvalue weighted by atomic mass is 79.9. The summed E-state index contributed by atoms with van der Waals surface area (Å²) in [7, 11) is 0. The van der Waals surface area contributed by atoms with Crippen molar-refractivity contribution in [3.8, 4) is 0 Å². The molecule has 156 valence electrons. The lowest BCUT2D eigenvalue weighted by Crippen LogP contribution is -2.33. The summed E-state index contributed by atoms with van der Waals surface area (Å²) in [5, 5.41) is 8.69. The highest BCUT2D eigenvalue weighted by Gasteiger charge is 2.24. The smallest absolute Gasteiger partial charge is 0.169 e. The van der Waals surface area contributed by atoms with Gasteiger partial charge in [0.15, 0.2) is 5.58 Å². The van der Waals surface area contributed by atoms with Gasteiger partial charge >= 0.3 is 0 Å². The molecule has 1 aromatic heterocycles. The lowest BCUT2D eigenvalue weighted by molar-refractivity contribution is -0.108. The number of likely N-dealkylation sites (tertiary alicyclic amines) is 1. The van der Waals surface area contributed by atoms with Crippen molar-refractivity contribution in [2.24, 2.45) is 5.92 Å². The molecule has 1 fully saturated rings. The normalized spacial score (nSPS) is 19.7. The molecule has 0 amide bonds. The molecule has 6 heteroatoms. The number of anilines is 1. The third-order valence-corrected chi connectivity index (χ3v) is 7.00. The van der Waals surface area contributed by atoms with E-state index in [-0.39, 0.29) is 6.04 Å². The van der Waals surface area contributed by atoms with Gasteiger partial charge in [0.25, 0.3) is 0 Å². The SMILES string of the molecule is O=CC1Cc2cc3c(CCC4CCN(Cc5cccc(Br)c5)CC4)noc3cc2N1. The third-order valence-electron chi connectivity index (χ3n) is 6.51. The number of fused-ring (bicyclic) bond motifs is 2. The molecular formula is C24H26BrN3O2. The van der Waals surface area contributed by atoms with Gasteiger partial charge in [-0.3, -0.25) is 4.90 Å². The van der Waals surface area contributed by atoms with Crippen molar-refractivity contribution in [3.63, 3.8) is 0 Å². The van der Waals surface area contributed by atoms with Gasteiger partial charge in [0.2, 0.25) is 0 Å². The number of aromatic nitrogens is 1. The van der Waals surface area contributed by atoms with E-state index in [1.165, 1.54) is 24.0 Å². The number of aldehydes is 1. The van der Waals surface area contributed by atoms with Crippen LogP contribution < -0.4 is 5.32 Å². The van der Waals surface area contributed by atoms with E-state index in [1.807, 2.05) is 6.07 Å². The molecule has 1 N–H and O–H groups in total. The van der Waals surface area contributed by atoms with E-state index in [2.05, 4.69) is 61.6 Å². The number of piperidine rings is 1. The molecule has 0 spiro atoms. The van der Waals surface area contributed by atoms with Crippen molar-refractivity contribution in [2.45, 2.75) is 44.7 Å². The summed E-state index contributed by atoms with van der Waals surface area (Å²) in [5.74, 6) is 0.742. The minimum Gasteiger partial charge on any atom is -0.375 e. The Morgan fingerprint density at radius 3 is 2.90 bits per heavy atom. The van der Waals surface area contributed by atoms with E-state index in [0.717, 1.165) is 77.9 Å². The molecule has 5 rings (SSSR count). The van der Waals surface area contributed by atoms with Gasteiger partial charge in [-0.15, -0.1) is 0 Å². The molecule has 0 radical (unpaired) electrons. The fourth-order valence-corrected chi connectivity index (χ4v) is 5.25. The summed E-state index contributed by atoms with van der Waals surface area (Å²) < 4.78 is 6.74. The Balaban J connectivity index is 1.17. The maximum atomic E-state index is 11.1. The van der Waals surface area contributed by atoms with Gasteiger partial charge in [-0.25, -0.2) is 0 Å². The van der Waals surface area contributed by atoms with Gasteiger partial charge < -0.3 is 14.6 Å². The Morgan fingerprint density at radius 1 is 1.23 bits per heavy atom. The number of hydrogen-bond donors (Lipinski definition) is 1. The summed E-state index contributed by atoms with van der Waals surface area (Å²) in [4.78, 5) is 13.6. The summed E-state index contributed by atoms with van der Waals surface area (Å²) in [6.45, 7) is 3.34. The Kier molecular flexibility index (Phi) is 5.61. The minimum atomic E-state index is -0.120. The largest absolute Gasteiger partial charge is 0.375 e. The maximum Gasteiger partial charge on any atom is 0.169 e. The molecule has 1 saturated heterocycles. The van der Waals surface area contributed by atoms with Crippen LogP contribution >= 0.6 is 15.9 Å². The van der Waals surface area contributed by atoms with Crippen molar-refractivity contribution in [1.29, 1.82) is 0 Å². The van der Waals surface area contributed by atoms with Gasteiger partial charge in [0, 0.05) is 34.6 Å². The van der Waals surface area contributed by atoms with Crippen molar-refractivity contribution < 1.29 is 9.32 Å². The average molecular weight is 468 g/mol. The van der Waals surface area contributed by atoms with Crippen LogP contribution in [-0.2, 0) is 24.2 Å². The lowest BCUT2D eigenvalue weighted by atomic mass is 9.91. The van der Waals surface area contributed by atoms with Gasteiger partial charge in [0.05, 0.1) is 11.7 Å².